The summed E-state index contributed by atoms with van der Waals surface area (Å²) in [5.74, 6) is 0. The maximum atomic E-state index is 3.54. The molecule has 3 nitrogen and oxygen atoms in total. The molecule has 21 heavy (non-hydrogen) atoms. The summed E-state index contributed by atoms with van der Waals surface area (Å²) in [6.07, 6.45) is 4.96. The van der Waals surface area contributed by atoms with Crippen molar-refractivity contribution in [1.82, 2.24) is 9.47 Å². The van der Waals surface area contributed by atoms with Crippen LogP contribution in [0.4, 0.5) is 5.69 Å². The minimum absolute atomic E-state index is 0.103. The summed E-state index contributed by atoms with van der Waals surface area (Å²) in [5, 5.41) is 4.87. The lowest BCUT2D eigenvalue weighted by Crippen LogP contribution is -2.25. The zero-order chi connectivity index (χ0) is 14.9. The van der Waals surface area contributed by atoms with Gasteiger partial charge in [-0.3, -0.25) is 0 Å². The number of hydrogen-bond acceptors (Lipinski definition) is 2. The normalized spacial score (nSPS) is 16.7. The Balaban J connectivity index is 1.72. The average Bonchev–Trinajstić information content (AvgIpc) is 3.02. The Kier molecular flexibility index (Phi) is 3.94. The molecule has 114 valence electrons. The molecule has 2 aromatic rings. The average molecular weight is 285 g/mol. The number of hydrogen-bond donors (Lipinski definition) is 1. The van der Waals surface area contributed by atoms with Crippen molar-refractivity contribution >= 4 is 16.6 Å². The number of rotatable bonds is 4. The quantitative estimate of drug-likeness (QED) is 0.918. The van der Waals surface area contributed by atoms with Gasteiger partial charge in [-0.1, -0.05) is 0 Å². The van der Waals surface area contributed by atoms with E-state index in [0.29, 0.717) is 0 Å². The van der Waals surface area contributed by atoms with Crippen LogP contribution in [0.1, 0.15) is 33.6 Å². The van der Waals surface area contributed by atoms with Crippen molar-refractivity contribution in [3.63, 3.8) is 0 Å². The summed E-state index contributed by atoms with van der Waals surface area (Å²) in [6, 6.07) is 8.92. The predicted molar refractivity (Wildman–Crippen MR) is 91.0 cm³/mol. The smallest absolute Gasteiger partial charge is 0.0482 e. The van der Waals surface area contributed by atoms with E-state index in [0.717, 1.165) is 6.54 Å². The predicted octanol–water partition coefficient (Wildman–Crippen LogP) is 3.95. The van der Waals surface area contributed by atoms with Crippen LogP contribution in [-0.2, 0) is 6.54 Å². The third-order valence-corrected chi connectivity index (χ3v) is 4.15. The summed E-state index contributed by atoms with van der Waals surface area (Å²) in [4.78, 5) is 2.57. The van der Waals surface area contributed by atoms with Crippen LogP contribution < -0.4 is 5.32 Å². The Morgan fingerprint density at radius 1 is 1.05 bits per heavy atom. The van der Waals surface area contributed by atoms with Gasteiger partial charge >= 0.3 is 0 Å². The van der Waals surface area contributed by atoms with Crippen LogP contribution >= 0.6 is 0 Å². The van der Waals surface area contributed by atoms with Crippen molar-refractivity contribution in [2.75, 3.05) is 25.0 Å². The number of anilines is 1. The van der Waals surface area contributed by atoms with Gasteiger partial charge in [-0.15, -0.1) is 0 Å². The van der Waals surface area contributed by atoms with E-state index in [1.54, 1.807) is 0 Å². The molecule has 0 saturated carbocycles. The highest BCUT2D eigenvalue weighted by Crippen LogP contribution is 2.23. The van der Waals surface area contributed by atoms with Crippen molar-refractivity contribution in [3.05, 3.63) is 30.5 Å². The zero-order valence-corrected chi connectivity index (χ0v) is 13.5. The maximum absolute atomic E-state index is 3.54. The molecule has 0 radical (unpaired) electrons. The van der Waals surface area contributed by atoms with Crippen molar-refractivity contribution in [2.24, 2.45) is 0 Å². The molecule has 2 heterocycles. The first kappa shape index (κ1) is 14.5. The highest BCUT2D eigenvalue weighted by molar-refractivity contribution is 5.83. The molecule has 1 aliphatic heterocycles. The molecular weight excluding hydrogens is 258 g/mol. The van der Waals surface area contributed by atoms with Gasteiger partial charge in [0.15, 0.2) is 0 Å². The van der Waals surface area contributed by atoms with Gasteiger partial charge < -0.3 is 14.8 Å². The van der Waals surface area contributed by atoms with Gasteiger partial charge in [0.05, 0.1) is 0 Å². The first-order valence-corrected chi connectivity index (χ1v) is 8.11. The molecule has 0 atom stereocenters. The van der Waals surface area contributed by atoms with Crippen LogP contribution in [0, 0.1) is 0 Å². The lowest BCUT2D eigenvalue weighted by molar-refractivity contribution is 0.324. The van der Waals surface area contributed by atoms with Crippen LogP contribution in [0.3, 0.4) is 0 Å². The number of nitrogens with zero attached hydrogens (tertiary/aromatic N) is 2. The number of fused-ring (bicyclic) bond motifs is 1. The number of aromatic nitrogens is 1. The summed E-state index contributed by atoms with van der Waals surface area (Å²) >= 11 is 0. The highest BCUT2D eigenvalue weighted by Gasteiger charge is 2.12. The Morgan fingerprint density at radius 2 is 1.81 bits per heavy atom. The summed E-state index contributed by atoms with van der Waals surface area (Å²) < 4.78 is 2.38. The lowest BCUT2D eigenvalue weighted by Gasteiger charge is -2.22. The Hall–Kier alpha value is -1.48. The minimum atomic E-state index is 0.103. The maximum Gasteiger partial charge on any atom is 0.0482 e. The monoisotopic (exact) mass is 285 g/mol. The molecule has 3 heteroatoms. The SMILES string of the molecule is CC(C)(C)Nc1ccc2c(ccn2CCN2CCCC2)c1. The first-order chi connectivity index (χ1) is 10.0. The second-order valence-electron chi connectivity index (χ2n) is 7.21. The van der Waals surface area contributed by atoms with Gasteiger partial charge in [-0.2, -0.15) is 0 Å². The minimum Gasteiger partial charge on any atom is -0.380 e. The van der Waals surface area contributed by atoms with Crippen LogP contribution in [0.25, 0.3) is 10.9 Å². The van der Waals surface area contributed by atoms with Crippen LogP contribution in [0.5, 0.6) is 0 Å². The molecule has 0 amide bonds. The fourth-order valence-corrected chi connectivity index (χ4v) is 3.16. The second-order valence-corrected chi connectivity index (χ2v) is 7.21. The zero-order valence-electron chi connectivity index (χ0n) is 13.5. The molecule has 1 N–H and O–H groups in total. The molecule has 0 aliphatic carbocycles. The van der Waals surface area contributed by atoms with Gasteiger partial charge in [0.2, 0.25) is 0 Å². The van der Waals surface area contributed by atoms with Crippen LogP contribution in [-0.4, -0.2) is 34.6 Å². The molecule has 1 saturated heterocycles. The van der Waals surface area contributed by atoms with Gasteiger partial charge in [0, 0.05) is 41.4 Å². The molecule has 1 fully saturated rings. The van der Waals surface area contributed by atoms with Crippen molar-refractivity contribution < 1.29 is 0 Å². The molecule has 0 spiro atoms. The van der Waals surface area contributed by atoms with E-state index in [9.17, 15) is 0 Å². The molecule has 3 rings (SSSR count). The van der Waals surface area contributed by atoms with E-state index >= 15 is 0 Å². The molecular formula is C18H27N3. The summed E-state index contributed by atoms with van der Waals surface area (Å²) in [5.41, 5.74) is 2.65. The lowest BCUT2D eigenvalue weighted by atomic mass is 10.1. The second kappa shape index (κ2) is 5.72. The number of nitrogens with one attached hydrogen (secondary N) is 1. The Morgan fingerprint density at radius 3 is 2.52 bits per heavy atom. The first-order valence-electron chi connectivity index (χ1n) is 8.11. The standard InChI is InChI=1S/C18H27N3/c1-18(2,3)19-16-6-7-17-15(14-16)8-11-21(17)13-12-20-9-4-5-10-20/h6-8,11,14,19H,4-5,9-10,12-13H2,1-3H3. The Labute approximate surface area is 127 Å². The van der Waals surface area contributed by atoms with Crippen LogP contribution in [0.15, 0.2) is 30.5 Å². The topological polar surface area (TPSA) is 20.2 Å². The van der Waals surface area contributed by atoms with Gasteiger partial charge in [0.25, 0.3) is 0 Å². The van der Waals surface area contributed by atoms with E-state index in [-0.39, 0.29) is 5.54 Å². The third kappa shape index (κ3) is 3.59. The van der Waals surface area contributed by atoms with E-state index in [2.05, 4.69) is 66.0 Å². The van der Waals surface area contributed by atoms with Gasteiger partial charge in [-0.25, -0.2) is 0 Å². The summed E-state index contributed by atoms with van der Waals surface area (Å²) in [7, 11) is 0. The Bertz CT molecular complexity index is 600. The van der Waals surface area contributed by atoms with E-state index in [1.165, 1.54) is 49.1 Å². The molecule has 0 unspecified atom stereocenters. The van der Waals surface area contributed by atoms with Crippen molar-refractivity contribution in [2.45, 2.75) is 45.7 Å². The number of likely N-dealkylation sites (tertiary alicyclic amines) is 1. The molecule has 1 aromatic heterocycles. The molecule has 1 aromatic carbocycles. The fourth-order valence-electron chi connectivity index (χ4n) is 3.16. The third-order valence-electron chi connectivity index (χ3n) is 4.15. The largest absolute Gasteiger partial charge is 0.380 e. The van der Waals surface area contributed by atoms with E-state index in [1.807, 2.05) is 0 Å². The number of benzene rings is 1. The fraction of sp³-hybridized carbons (Fsp3) is 0.556. The van der Waals surface area contributed by atoms with Gasteiger partial charge in [0.1, 0.15) is 0 Å². The van der Waals surface area contributed by atoms with E-state index in [4.69, 9.17) is 0 Å². The van der Waals surface area contributed by atoms with Crippen molar-refractivity contribution in [3.8, 4) is 0 Å². The molecule has 1 aliphatic rings. The van der Waals surface area contributed by atoms with Crippen LogP contribution in [0.2, 0.25) is 0 Å². The van der Waals surface area contributed by atoms with Gasteiger partial charge in [-0.05, 0) is 71.0 Å². The molecule has 0 bridgehead atoms. The summed E-state index contributed by atoms with van der Waals surface area (Å²) in [6.45, 7) is 11.4. The highest BCUT2D eigenvalue weighted by atomic mass is 15.2. The van der Waals surface area contributed by atoms with Crippen molar-refractivity contribution in [1.29, 1.82) is 0 Å². The van der Waals surface area contributed by atoms with E-state index < -0.39 is 0 Å².